The van der Waals surface area contributed by atoms with Crippen LogP contribution in [0, 0.1) is 0 Å². The number of halogens is 1. The van der Waals surface area contributed by atoms with Crippen molar-refractivity contribution >= 4 is 15.9 Å². The van der Waals surface area contributed by atoms with Crippen LogP contribution in [0.15, 0.2) is 35.2 Å². The molecule has 0 radical (unpaired) electrons. The second-order valence-electron chi connectivity index (χ2n) is 3.96. The fourth-order valence-corrected chi connectivity index (χ4v) is 2.07. The van der Waals surface area contributed by atoms with Crippen molar-refractivity contribution in [3.63, 3.8) is 0 Å². The van der Waals surface area contributed by atoms with Crippen molar-refractivity contribution in [2.24, 2.45) is 0 Å². The Balaban J connectivity index is 1.82. The summed E-state index contributed by atoms with van der Waals surface area (Å²) >= 11 is 3.54. The van der Waals surface area contributed by atoms with E-state index in [0.717, 1.165) is 35.4 Å². The van der Waals surface area contributed by atoms with Crippen LogP contribution in [-0.2, 0) is 13.0 Å². The molecule has 0 aliphatic carbocycles. The van der Waals surface area contributed by atoms with Crippen molar-refractivity contribution in [3.05, 3.63) is 46.5 Å². The van der Waals surface area contributed by atoms with E-state index in [-0.39, 0.29) is 0 Å². The molecule has 2 aromatic rings. The minimum Gasteiger partial charge on any atom is -0.497 e. The van der Waals surface area contributed by atoms with E-state index >= 15 is 0 Å². The molecule has 1 aromatic heterocycles. The van der Waals surface area contributed by atoms with Gasteiger partial charge in [-0.2, -0.15) is 0 Å². The van der Waals surface area contributed by atoms with Gasteiger partial charge in [0, 0.05) is 35.9 Å². The lowest BCUT2D eigenvalue weighted by molar-refractivity contribution is 0.414. The summed E-state index contributed by atoms with van der Waals surface area (Å²) in [5.41, 5.74) is 2.34. The molecule has 4 nitrogen and oxygen atoms in total. The molecule has 1 aromatic carbocycles. The average molecular weight is 310 g/mol. The second-order valence-corrected chi connectivity index (χ2v) is 4.82. The molecular formula is C13H16BrN3O. The average Bonchev–Trinajstić information content (AvgIpc) is 2.89. The van der Waals surface area contributed by atoms with Crippen LogP contribution in [0.4, 0.5) is 0 Å². The summed E-state index contributed by atoms with van der Waals surface area (Å²) in [5.74, 6) is 0.878. The standard InChI is InChI=1S/C13H16BrN3O/c1-18-12-2-3-13(14)10(6-12)7-15-5-4-11-8-16-9-17-11/h2-3,6,8-9,15H,4-5,7H2,1H3,(H,16,17). The van der Waals surface area contributed by atoms with Crippen molar-refractivity contribution in [2.45, 2.75) is 13.0 Å². The number of nitrogens with zero attached hydrogens (tertiary/aromatic N) is 1. The number of benzene rings is 1. The SMILES string of the molecule is COc1ccc(Br)c(CNCCc2cnc[nH]2)c1. The molecule has 0 aliphatic heterocycles. The summed E-state index contributed by atoms with van der Waals surface area (Å²) in [6.07, 6.45) is 4.50. The van der Waals surface area contributed by atoms with Crippen LogP contribution >= 0.6 is 15.9 Å². The molecule has 2 rings (SSSR count). The van der Waals surface area contributed by atoms with Gasteiger partial charge >= 0.3 is 0 Å². The predicted octanol–water partition coefficient (Wildman–Crippen LogP) is 2.51. The largest absolute Gasteiger partial charge is 0.497 e. The van der Waals surface area contributed by atoms with Crippen LogP contribution in [0.3, 0.4) is 0 Å². The number of aromatic nitrogens is 2. The summed E-state index contributed by atoms with van der Waals surface area (Å²) in [5, 5.41) is 3.40. The van der Waals surface area contributed by atoms with E-state index in [1.165, 1.54) is 5.56 Å². The molecule has 1 heterocycles. The van der Waals surface area contributed by atoms with Crippen LogP contribution in [0.25, 0.3) is 0 Å². The Hall–Kier alpha value is -1.33. The maximum atomic E-state index is 5.21. The van der Waals surface area contributed by atoms with Crippen molar-refractivity contribution in [1.82, 2.24) is 15.3 Å². The number of H-pyrrole nitrogens is 1. The Morgan fingerprint density at radius 2 is 2.33 bits per heavy atom. The minimum atomic E-state index is 0.811. The summed E-state index contributed by atoms with van der Waals surface area (Å²) in [7, 11) is 1.68. The van der Waals surface area contributed by atoms with Crippen LogP contribution in [0.1, 0.15) is 11.3 Å². The summed E-state index contributed by atoms with van der Waals surface area (Å²) < 4.78 is 6.31. The van der Waals surface area contributed by atoms with Gasteiger partial charge in [-0.25, -0.2) is 4.98 Å². The van der Waals surface area contributed by atoms with Crippen molar-refractivity contribution in [2.75, 3.05) is 13.7 Å². The molecule has 18 heavy (non-hydrogen) atoms. The lowest BCUT2D eigenvalue weighted by Gasteiger charge is -2.08. The molecule has 0 unspecified atom stereocenters. The molecule has 0 saturated heterocycles. The van der Waals surface area contributed by atoms with E-state index in [2.05, 4.69) is 31.2 Å². The van der Waals surface area contributed by atoms with Crippen molar-refractivity contribution in [3.8, 4) is 5.75 Å². The number of hydrogen-bond donors (Lipinski definition) is 2. The van der Waals surface area contributed by atoms with Gasteiger partial charge in [-0.3, -0.25) is 0 Å². The number of aromatic amines is 1. The van der Waals surface area contributed by atoms with E-state index in [1.54, 1.807) is 13.4 Å². The van der Waals surface area contributed by atoms with Gasteiger partial charge in [0.1, 0.15) is 5.75 Å². The van der Waals surface area contributed by atoms with E-state index in [9.17, 15) is 0 Å². The second kappa shape index (κ2) is 6.56. The van der Waals surface area contributed by atoms with Gasteiger partial charge in [0.15, 0.2) is 0 Å². The monoisotopic (exact) mass is 309 g/mol. The van der Waals surface area contributed by atoms with Gasteiger partial charge in [0.25, 0.3) is 0 Å². The van der Waals surface area contributed by atoms with E-state index in [4.69, 9.17) is 4.74 Å². The molecular weight excluding hydrogens is 294 g/mol. The Labute approximate surface area is 115 Å². The summed E-state index contributed by atoms with van der Waals surface area (Å²) in [6, 6.07) is 5.98. The molecule has 0 bridgehead atoms. The fraction of sp³-hybridized carbons (Fsp3) is 0.308. The number of rotatable bonds is 6. The van der Waals surface area contributed by atoms with Gasteiger partial charge in [-0.15, -0.1) is 0 Å². The minimum absolute atomic E-state index is 0.811. The van der Waals surface area contributed by atoms with Crippen LogP contribution in [0.2, 0.25) is 0 Å². The van der Waals surface area contributed by atoms with Gasteiger partial charge in [-0.1, -0.05) is 15.9 Å². The van der Waals surface area contributed by atoms with E-state index in [1.807, 2.05) is 24.4 Å². The molecule has 0 saturated carbocycles. The molecule has 5 heteroatoms. The predicted molar refractivity (Wildman–Crippen MR) is 74.7 cm³/mol. The Morgan fingerprint density at radius 3 is 3.06 bits per heavy atom. The van der Waals surface area contributed by atoms with Crippen LogP contribution < -0.4 is 10.1 Å². The topological polar surface area (TPSA) is 49.9 Å². The van der Waals surface area contributed by atoms with Crippen LogP contribution in [-0.4, -0.2) is 23.6 Å². The molecule has 2 N–H and O–H groups in total. The quantitative estimate of drug-likeness (QED) is 0.806. The zero-order chi connectivity index (χ0) is 12.8. The first-order valence-electron chi connectivity index (χ1n) is 5.80. The first kappa shape index (κ1) is 13.1. The lowest BCUT2D eigenvalue weighted by atomic mass is 10.2. The number of methoxy groups -OCH3 is 1. The van der Waals surface area contributed by atoms with Crippen LogP contribution in [0.5, 0.6) is 5.75 Å². The number of hydrogen-bond acceptors (Lipinski definition) is 3. The maximum absolute atomic E-state index is 5.21. The summed E-state index contributed by atoms with van der Waals surface area (Å²) in [4.78, 5) is 7.07. The highest BCUT2D eigenvalue weighted by Crippen LogP contribution is 2.22. The van der Waals surface area contributed by atoms with Gasteiger partial charge in [0.2, 0.25) is 0 Å². The number of ether oxygens (including phenoxy) is 1. The smallest absolute Gasteiger partial charge is 0.119 e. The third-order valence-corrected chi connectivity index (χ3v) is 3.47. The Kier molecular flexibility index (Phi) is 4.78. The molecule has 0 fully saturated rings. The molecule has 0 aliphatic rings. The highest BCUT2D eigenvalue weighted by Gasteiger charge is 2.02. The zero-order valence-electron chi connectivity index (χ0n) is 10.2. The summed E-state index contributed by atoms with van der Waals surface area (Å²) in [6.45, 7) is 1.72. The molecule has 0 atom stereocenters. The number of imidazole rings is 1. The van der Waals surface area contributed by atoms with E-state index in [0.29, 0.717) is 0 Å². The lowest BCUT2D eigenvalue weighted by Crippen LogP contribution is -2.17. The third kappa shape index (κ3) is 3.58. The van der Waals surface area contributed by atoms with Gasteiger partial charge < -0.3 is 15.0 Å². The molecule has 96 valence electrons. The highest BCUT2D eigenvalue weighted by molar-refractivity contribution is 9.10. The first-order chi connectivity index (χ1) is 8.79. The Bertz CT molecular complexity index is 485. The zero-order valence-corrected chi connectivity index (χ0v) is 11.8. The van der Waals surface area contributed by atoms with Crippen molar-refractivity contribution in [1.29, 1.82) is 0 Å². The molecule has 0 spiro atoms. The van der Waals surface area contributed by atoms with Crippen molar-refractivity contribution < 1.29 is 4.74 Å². The number of nitrogens with one attached hydrogen (secondary N) is 2. The first-order valence-corrected chi connectivity index (χ1v) is 6.59. The van der Waals surface area contributed by atoms with Gasteiger partial charge in [-0.05, 0) is 23.8 Å². The fourth-order valence-electron chi connectivity index (χ4n) is 1.68. The maximum Gasteiger partial charge on any atom is 0.119 e. The highest BCUT2D eigenvalue weighted by atomic mass is 79.9. The Morgan fingerprint density at radius 1 is 1.44 bits per heavy atom. The third-order valence-electron chi connectivity index (χ3n) is 2.69. The van der Waals surface area contributed by atoms with Gasteiger partial charge in [0.05, 0.1) is 13.4 Å². The van der Waals surface area contributed by atoms with E-state index < -0.39 is 0 Å². The molecule has 0 amide bonds. The normalized spacial score (nSPS) is 10.6.